The van der Waals surface area contributed by atoms with E-state index in [9.17, 15) is 9.90 Å². The van der Waals surface area contributed by atoms with E-state index in [0.29, 0.717) is 6.54 Å². The summed E-state index contributed by atoms with van der Waals surface area (Å²) in [6.45, 7) is 0.431. The van der Waals surface area contributed by atoms with Crippen molar-refractivity contribution in [1.82, 2.24) is 5.32 Å². The fraction of sp³-hybridized carbons (Fsp3) is 0.923. The van der Waals surface area contributed by atoms with Gasteiger partial charge in [-0.1, -0.05) is 25.7 Å². The van der Waals surface area contributed by atoms with E-state index in [1.165, 1.54) is 12.8 Å². The van der Waals surface area contributed by atoms with Gasteiger partial charge in [-0.3, -0.25) is 4.79 Å². The highest BCUT2D eigenvalue weighted by Gasteiger charge is 2.38. The zero-order chi connectivity index (χ0) is 12.3. The van der Waals surface area contributed by atoms with E-state index in [0.717, 1.165) is 38.5 Å². The Labute approximate surface area is 102 Å². The van der Waals surface area contributed by atoms with E-state index >= 15 is 0 Å². The Morgan fingerprint density at radius 3 is 2.29 bits per heavy atom. The Kier molecular flexibility index (Phi) is 4.05. The van der Waals surface area contributed by atoms with Crippen LogP contribution in [0.4, 0.5) is 0 Å². The number of nitrogens with one attached hydrogen (secondary N) is 1. The minimum absolute atomic E-state index is 0.280. The van der Waals surface area contributed by atoms with Gasteiger partial charge < -0.3 is 15.5 Å². The molecule has 98 valence electrons. The lowest BCUT2D eigenvalue weighted by molar-refractivity contribution is -0.140. The van der Waals surface area contributed by atoms with E-state index in [4.69, 9.17) is 5.11 Å². The van der Waals surface area contributed by atoms with Crippen molar-refractivity contribution in [2.45, 2.75) is 63.0 Å². The number of hydrogen-bond donors (Lipinski definition) is 3. The molecule has 0 aromatic carbocycles. The minimum Gasteiger partial charge on any atom is -0.480 e. The predicted octanol–water partition coefficient (Wildman–Crippen LogP) is 1.52. The Hall–Kier alpha value is -0.610. The number of carboxylic acid groups (broad SMARTS) is 1. The van der Waals surface area contributed by atoms with Gasteiger partial charge in [0.15, 0.2) is 0 Å². The predicted molar refractivity (Wildman–Crippen MR) is 64.8 cm³/mol. The molecule has 3 N–H and O–H groups in total. The van der Waals surface area contributed by atoms with Crippen molar-refractivity contribution in [3.8, 4) is 0 Å². The summed E-state index contributed by atoms with van der Waals surface area (Å²) in [5, 5.41) is 22.6. The van der Waals surface area contributed by atoms with Crippen molar-refractivity contribution in [3.63, 3.8) is 0 Å². The van der Waals surface area contributed by atoms with Crippen molar-refractivity contribution in [2.75, 3.05) is 6.54 Å². The van der Waals surface area contributed by atoms with E-state index in [1.54, 1.807) is 0 Å². The van der Waals surface area contributed by atoms with Crippen LogP contribution in [0.5, 0.6) is 0 Å². The molecule has 0 heterocycles. The summed E-state index contributed by atoms with van der Waals surface area (Å²) in [4.78, 5) is 11.1. The van der Waals surface area contributed by atoms with E-state index in [2.05, 4.69) is 5.32 Å². The summed E-state index contributed by atoms with van der Waals surface area (Å²) >= 11 is 0. The molecular weight excluding hydrogens is 218 g/mol. The van der Waals surface area contributed by atoms with Crippen molar-refractivity contribution in [3.05, 3.63) is 0 Å². The van der Waals surface area contributed by atoms with Gasteiger partial charge >= 0.3 is 5.97 Å². The highest BCUT2D eigenvalue weighted by Crippen LogP contribution is 2.33. The molecule has 0 amide bonds. The van der Waals surface area contributed by atoms with Crippen LogP contribution in [0.25, 0.3) is 0 Å². The van der Waals surface area contributed by atoms with Crippen molar-refractivity contribution in [1.29, 1.82) is 0 Å². The molecule has 2 aliphatic rings. The highest BCUT2D eigenvalue weighted by atomic mass is 16.4. The second-order valence-electron chi connectivity index (χ2n) is 5.67. The maximum absolute atomic E-state index is 11.1. The lowest BCUT2D eigenvalue weighted by atomic mass is 9.94. The summed E-state index contributed by atoms with van der Waals surface area (Å²) in [5.41, 5.74) is -0.681. The van der Waals surface area contributed by atoms with Crippen molar-refractivity contribution >= 4 is 5.97 Å². The van der Waals surface area contributed by atoms with Gasteiger partial charge in [0.2, 0.25) is 0 Å². The third kappa shape index (κ3) is 3.68. The van der Waals surface area contributed by atoms with Crippen LogP contribution < -0.4 is 5.32 Å². The average Bonchev–Trinajstić information content (AvgIpc) is 3.07. The Balaban J connectivity index is 1.84. The summed E-state index contributed by atoms with van der Waals surface area (Å²) < 4.78 is 0. The minimum atomic E-state index is -0.773. The monoisotopic (exact) mass is 241 g/mol. The van der Waals surface area contributed by atoms with Gasteiger partial charge in [0.1, 0.15) is 6.04 Å². The third-order valence-electron chi connectivity index (χ3n) is 4.04. The molecule has 4 heteroatoms. The van der Waals surface area contributed by atoms with Crippen molar-refractivity contribution in [2.24, 2.45) is 5.92 Å². The lowest BCUT2D eigenvalue weighted by Gasteiger charge is -2.28. The molecule has 2 saturated carbocycles. The maximum atomic E-state index is 11.1. The summed E-state index contributed by atoms with van der Waals surface area (Å²) in [6.07, 6.45) is 8.10. The molecule has 2 rings (SSSR count). The zero-order valence-electron chi connectivity index (χ0n) is 10.3. The number of hydrogen-bond acceptors (Lipinski definition) is 3. The van der Waals surface area contributed by atoms with Gasteiger partial charge in [-0.2, -0.15) is 0 Å². The molecular formula is C13H23NO3. The first-order valence-corrected chi connectivity index (χ1v) is 6.79. The van der Waals surface area contributed by atoms with Gasteiger partial charge in [-0.05, 0) is 31.6 Å². The molecule has 1 atom stereocenters. The largest absolute Gasteiger partial charge is 0.480 e. The summed E-state index contributed by atoms with van der Waals surface area (Å²) in [6, 6.07) is -0.456. The fourth-order valence-electron chi connectivity index (χ4n) is 2.75. The van der Waals surface area contributed by atoms with E-state index < -0.39 is 17.6 Å². The molecule has 0 aromatic rings. The number of rotatable bonds is 5. The van der Waals surface area contributed by atoms with Crippen LogP contribution in [0.3, 0.4) is 0 Å². The first-order valence-electron chi connectivity index (χ1n) is 6.79. The van der Waals surface area contributed by atoms with Crippen molar-refractivity contribution < 1.29 is 15.0 Å². The van der Waals surface area contributed by atoms with Crippen LogP contribution in [0.2, 0.25) is 0 Å². The molecule has 0 spiro atoms. The smallest absolute Gasteiger partial charge is 0.320 e. The Morgan fingerprint density at radius 1 is 1.24 bits per heavy atom. The molecule has 0 aromatic heterocycles. The lowest BCUT2D eigenvalue weighted by Crippen LogP contribution is -2.48. The normalized spacial score (nSPS) is 26.2. The van der Waals surface area contributed by atoms with E-state index in [1.807, 2.05) is 0 Å². The number of aliphatic hydroxyl groups is 1. The topological polar surface area (TPSA) is 69.6 Å². The Morgan fingerprint density at radius 2 is 1.82 bits per heavy atom. The molecule has 1 unspecified atom stereocenters. The zero-order valence-corrected chi connectivity index (χ0v) is 10.3. The molecule has 17 heavy (non-hydrogen) atoms. The van der Waals surface area contributed by atoms with Crippen LogP contribution in [0.15, 0.2) is 0 Å². The first kappa shape index (κ1) is 12.8. The Bertz CT molecular complexity index is 268. The molecule has 0 radical (unpaired) electrons. The standard InChI is InChI=1S/C13H23NO3/c15-12(16)11(10-5-6-10)14-9-13(17)7-3-1-2-4-8-13/h10-11,14,17H,1-9H2,(H,15,16). The second-order valence-corrected chi connectivity index (χ2v) is 5.67. The van der Waals surface area contributed by atoms with Gasteiger partial charge in [-0.25, -0.2) is 0 Å². The summed E-state index contributed by atoms with van der Waals surface area (Å²) in [7, 11) is 0. The molecule has 2 fully saturated rings. The van der Waals surface area contributed by atoms with Gasteiger partial charge in [-0.15, -0.1) is 0 Å². The molecule has 4 nitrogen and oxygen atoms in total. The van der Waals surface area contributed by atoms with Crippen LogP contribution in [-0.2, 0) is 4.79 Å². The van der Waals surface area contributed by atoms with Gasteiger partial charge in [0, 0.05) is 6.54 Å². The van der Waals surface area contributed by atoms with Gasteiger partial charge in [0.25, 0.3) is 0 Å². The molecule has 0 saturated heterocycles. The highest BCUT2D eigenvalue weighted by molar-refractivity contribution is 5.74. The fourth-order valence-corrected chi connectivity index (χ4v) is 2.75. The molecule has 0 bridgehead atoms. The third-order valence-corrected chi connectivity index (χ3v) is 4.04. The number of carbonyl (C=O) groups is 1. The van der Waals surface area contributed by atoms with Crippen LogP contribution >= 0.6 is 0 Å². The molecule has 2 aliphatic carbocycles. The quantitative estimate of drug-likeness (QED) is 0.638. The van der Waals surface area contributed by atoms with Crippen LogP contribution in [0.1, 0.15) is 51.4 Å². The van der Waals surface area contributed by atoms with Crippen LogP contribution in [0, 0.1) is 5.92 Å². The first-order chi connectivity index (χ1) is 8.11. The van der Waals surface area contributed by atoms with Gasteiger partial charge in [0.05, 0.1) is 5.60 Å². The number of carboxylic acids is 1. The summed E-state index contributed by atoms with van der Waals surface area (Å²) in [5.74, 6) is -0.494. The van der Waals surface area contributed by atoms with Crippen LogP contribution in [-0.4, -0.2) is 34.4 Å². The SMILES string of the molecule is O=C(O)C(NCC1(O)CCCCCC1)C1CC1. The maximum Gasteiger partial charge on any atom is 0.320 e. The second kappa shape index (κ2) is 5.36. The van der Waals surface area contributed by atoms with E-state index in [-0.39, 0.29) is 5.92 Å². The number of aliphatic carboxylic acids is 1. The molecule has 0 aliphatic heterocycles. The average molecular weight is 241 g/mol.